The predicted octanol–water partition coefficient (Wildman–Crippen LogP) is 22.2. The van der Waals surface area contributed by atoms with Gasteiger partial charge < -0.3 is 33.8 Å². The Balaban J connectivity index is 5.26. The number of carbonyl (C=O) groups is 4. The summed E-state index contributed by atoms with van der Waals surface area (Å²) in [6, 6.07) is 0. The van der Waals surface area contributed by atoms with Crippen LogP contribution >= 0.6 is 15.6 Å². The molecule has 17 nitrogen and oxygen atoms in total. The second kappa shape index (κ2) is 66.6. The van der Waals surface area contributed by atoms with Crippen molar-refractivity contribution in [3.05, 3.63) is 0 Å². The maximum absolute atomic E-state index is 13.1. The first kappa shape index (κ1) is 93.1. The fourth-order valence-corrected chi connectivity index (χ4v) is 13.1. The van der Waals surface area contributed by atoms with E-state index in [1.54, 1.807) is 0 Å². The van der Waals surface area contributed by atoms with E-state index >= 15 is 0 Å². The zero-order valence-electron chi connectivity index (χ0n) is 62.1. The molecule has 0 radical (unpaired) electrons. The minimum absolute atomic E-state index is 0.105. The van der Waals surface area contributed by atoms with E-state index < -0.39 is 97.5 Å². The Morgan fingerprint density at radius 1 is 0.305 bits per heavy atom. The minimum atomic E-state index is -4.96. The van der Waals surface area contributed by atoms with Gasteiger partial charge in [0, 0.05) is 25.7 Å². The number of aliphatic hydroxyl groups excluding tert-OH is 1. The molecule has 3 N–H and O–H groups in total. The van der Waals surface area contributed by atoms with Gasteiger partial charge in [0.25, 0.3) is 0 Å². The zero-order chi connectivity index (χ0) is 70.1. The molecule has 0 aromatic carbocycles. The molecule has 3 unspecified atom stereocenters. The molecule has 0 fully saturated rings. The molecule has 19 heteroatoms. The summed E-state index contributed by atoms with van der Waals surface area (Å²) < 4.78 is 68.6. The number of carbonyl (C=O) groups excluding carboxylic acids is 4. The van der Waals surface area contributed by atoms with Gasteiger partial charge in [-0.05, 0) is 43.4 Å². The van der Waals surface area contributed by atoms with E-state index in [0.29, 0.717) is 25.7 Å². The predicted molar refractivity (Wildman–Crippen MR) is 386 cm³/mol. The Morgan fingerprint density at radius 2 is 0.537 bits per heavy atom. The number of rotatable bonds is 74. The minimum Gasteiger partial charge on any atom is -0.462 e. The highest BCUT2D eigenvalue weighted by Crippen LogP contribution is 2.45. The SMILES string of the molecule is CCCCCCCCCCCCCCCCCCCC(=O)O[C@H](COC(=O)CCCCCCCCCCCCCC(C)C)COP(=O)(O)OC[C@@H](O)COP(=O)(O)OC[C@@H](COC(=O)CCCCCCCCCCC(C)CC)OC(=O)CCCCCCCCCCCC(C)C. The van der Waals surface area contributed by atoms with Gasteiger partial charge in [0.15, 0.2) is 12.2 Å². The van der Waals surface area contributed by atoms with Crippen molar-refractivity contribution in [2.75, 3.05) is 39.6 Å². The van der Waals surface area contributed by atoms with Crippen LogP contribution in [0, 0.1) is 17.8 Å². The van der Waals surface area contributed by atoms with Crippen LogP contribution in [0.25, 0.3) is 0 Å². The molecule has 0 aromatic heterocycles. The van der Waals surface area contributed by atoms with Gasteiger partial charge in [-0.25, -0.2) is 9.13 Å². The summed E-state index contributed by atoms with van der Waals surface area (Å²) in [7, 11) is -9.91. The van der Waals surface area contributed by atoms with Gasteiger partial charge in [0.05, 0.1) is 26.4 Å². The van der Waals surface area contributed by atoms with Crippen LogP contribution < -0.4 is 0 Å². The topological polar surface area (TPSA) is 237 Å². The van der Waals surface area contributed by atoms with Crippen molar-refractivity contribution in [3.8, 4) is 0 Å². The maximum Gasteiger partial charge on any atom is 0.472 e. The molecule has 0 bridgehead atoms. The number of ether oxygens (including phenoxy) is 4. The molecule has 0 rings (SSSR count). The monoisotopic (exact) mass is 1400 g/mol. The highest BCUT2D eigenvalue weighted by atomic mass is 31.2. The van der Waals surface area contributed by atoms with Crippen LogP contribution in [0.5, 0.6) is 0 Å². The maximum atomic E-state index is 13.1. The number of hydrogen-bond acceptors (Lipinski definition) is 15. The lowest BCUT2D eigenvalue weighted by molar-refractivity contribution is -0.161. The molecule has 0 aromatic rings. The van der Waals surface area contributed by atoms with Crippen molar-refractivity contribution >= 4 is 39.5 Å². The Bertz CT molecular complexity index is 1850. The molecule has 0 saturated carbocycles. The van der Waals surface area contributed by atoms with Crippen molar-refractivity contribution in [1.29, 1.82) is 0 Å². The number of phosphoric ester groups is 2. The quantitative estimate of drug-likeness (QED) is 0.0222. The van der Waals surface area contributed by atoms with Gasteiger partial charge >= 0.3 is 39.5 Å². The average molecular weight is 1400 g/mol. The normalized spacial score (nSPS) is 14.4. The molecule has 0 saturated heterocycles. The number of esters is 4. The van der Waals surface area contributed by atoms with E-state index in [4.69, 9.17) is 37.0 Å². The van der Waals surface area contributed by atoms with E-state index in [2.05, 4.69) is 48.5 Å². The summed E-state index contributed by atoms with van der Waals surface area (Å²) in [6.45, 7) is 11.9. The largest absolute Gasteiger partial charge is 0.472 e. The fraction of sp³-hybridized carbons (Fsp3) is 0.947. The van der Waals surface area contributed by atoms with E-state index in [9.17, 15) is 43.2 Å². The standard InChI is InChI=1S/C76H148O17P2/c1-8-10-11-12-13-14-15-16-17-18-19-20-23-29-38-45-52-59-75(80)92-71(63-86-73(78)57-50-43-36-28-24-21-22-26-33-40-47-54-67(3)4)65-90-94(82,83)88-61-70(77)62-89-95(84,85)91-66-72(93-76(81)60-53-46-39-30-25-27-34-41-48-55-68(5)6)64-87-74(79)58-51-44-37-32-31-35-42-49-56-69(7)9-2/h67-72,77H,8-66H2,1-7H3,(H,82,83)(H,84,85)/t69?,70-,71-,72-/m1/s1. The van der Waals surface area contributed by atoms with E-state index in [0.717, 1.165) is 108 Å². The second-order valence-electron chi connectivity index (χ2n) is 28.6. The highest BCUT2D eigenvalue weighted by molar-refractivity contribution is 7.47. The van der Waals surface area contributed by atoms with Crippen LogP contribution in [-0.2, 0) is 65.4 Å². The van der Waals surface area contributed by atoms with Crippen LogP contribution in [-0.4, -0.2) is 96.7 Å². The summed E-state index contributed by atoms with van der Waals surface area (Å²) in [5, 5.41) is 10.6. The first-order valence-corrected chi connectivity index (χ1v) is 42.4. The van der Waals surface area contributed by atoms with Crippen LogP contribution in [0.4, 0.5) is 0 Å². The number of phosphoric acid groups is 2. The number of aliphatic hydroxyl groups is 1. The number of unbranched alkanes of at least 4 members (excludes halogenated alkanes) is 41. The highest BCUT2D eigenvalue weighted by Gasteiger charge is 2.30. The van der Waals surface area contributed by atoms with Gasteiger partial charge in [0.1, 0.15) is 19.3 Å². The van der Waals surface area contributed by atoms with Crippen LogP contribution in [0.2, 0.25) is 0 Å². The zero-order valence-corrected chi connectivity index (χ0v) is 63.9. The van der Waals surface area contributed by atoms with Crippen LogP contribution in [0.3, 0.4) is 0 Å². The van der Waals surface area contributed by atoms with E-state index in [-0.39, 0.29) is 25.7 Å². The third kappa shape index (κ3) is 69.0. The second-order valence-corrected chi connectivity index (χ2v) is 31.5. The lowest BCUT2D eigenvalue weighted by Gasteiger charge is -2.21. The lowest BCUT2D eigenvalue weighted by Crippen LogP contribution is -2.30. The van der Waals surface area contributed by atoms with Gasteiger partial charge in [-0.1, -0.05) is 337 Å². The Morgan fingerprint density at radius 3 is 0.800 bits per heavy atom. The molecule has 0 amide bonds. The number of hydrogen-bond donors (Lipinski definition) is 3. The van der Waals surface area contributed by atoms with Crippen LogP contribution in [0.1, 0.15) is 389 Å². The average Bonchev–Trinajstić information content (AvgIpc) is 2.58. The summed E-state index contributed by atoms with van der Waals surface area (Å²) in [5.41, 5.74) is 0. The Kier molecular flexibility index (Phi) is 65.2. The summed E-state index contributed by atoms with van der Waals surface area (Å²) >= 11 is 0. The molecule has 0 heterocycles. The van der Waals surface area contributed by atoms with E-state index in [1.165, 1.54) is 199 Å². The smallest absolute Gasteiger partial charge is 0.462 e. The molecular weight excluding hydrogens is 1250 g/mol. The summed E-state index contributed by atoms with van der Waals surface area (Å²) in [4.78, 5) is 72.8. The van der Waals surface area contributed by atoms with Gasteiger partial charge in [-0.3, -0.25) is 37.3 Å². The van der Waals surface area contributed by atoms with Crippen molar-refractivity contribution in [2.24, 2.45) is 17.8 Å². The molecule has 564 valence electrons. The molecule has 0 aliphatic carbocycles. The van der Waals surface area contributed by atoms with Crippen molar-refractivity contribution in [1.82, 2.24) is 0 Å². The van der Waals surface area contributed by atoms with Crippen molar-refractivity contribution in [3.63, 3.8) is 0 Å². The Hall–Kier alpha value is -1.94. The van der Waals surface area contributed by atoms with Gasteiger partial charge in [-0.2, -0.15) is 0 Å². The lowest BCUT2D eigenvalue weighted by atomic mass is 9.99. The molecule has 0 spiro atoms. The fourth-order valence-electron chi connectivity index (χ4n) is 11.6. The molecule has 0 aliphatic heterocycles. The summed E-state index contributed by atoms with van der Waals surface area (Å²) in [6.07, 6.45) is 52.6. The third-order valence-corrected chi connectivity index (χ3v) is 19.9. The summed E-state index contributed by atoms with van der Waals surface area (Å²) in [5.74, 6) is 0.167. The third-order valence-electron chi connectivity index (χ3n) is 18.0. The van der Waals surface area contributed by atoms with Gasteiger partial charge in [0.2, 0.25) is 0 Å². The first-order chi connectivity index (χ1) is 45.8. The Labute approximate surface area is 581 Å². The first-order valence-electron chi connectivity index (χ1n) is 39.4. The molecular formula is C76H148O17P2. The van der Waals surface area contributed by atoms with Crippen LogP contribution in [0.15, 0.2) is 0 Å². The van der Waals surface area contributed by atoms with E-state index in [1.807, 2.05) is 0 Å². The molecule has 95 heavy (non-hydrogen) atoms. The van der Waals surface area contributed by atoms with Crippen molar-refractivity contribution < 1.29 is 80.2 Å². The van der Waals surface area contributed by atoms with Crippen molar-refractivity contribution in [2.45, 2.75) is 407 Å². The van der Waals surface area contributed by atoms with Gasteiger partial charge in [-0.15, -0.1) is 0 Å². The molecule has 0 aliphatic rings. The molecule has 6 atom stereocenters.